The van der Waals surface area contributed by atoms with Gasteiger partial charge in [0, 0.05) is 0 Å². The molecule has 1 aromatic heterocycles. The summed E-state index contributed by atoms with van der Waals surface area (Å²) in [5.74, 6) is 0.825. The van der Waals surface area contributed by atoms with E-state index in [-0.39, 0.29) is 11.6 Å². The first-order chi connectivity index (χ1) is 15.3. The lowest BCUT2D eigenvalue weighted by Gasteiger charge is -2.13. The summed E-state index contributed by atoms with van der Waals surface area (Å²) in [6, 6.07) is 13.6. The van der Waals surface area contributed by atoms with E-state index in [1.54, 1.807) is 37.3 Å². The molecule has 2 aromatic carbocycles. The number of carbonyl (C=O) groups is 1. The molecule has 32 heavy (non-hydrogen) atoms. The van der Waals surface area contributed by atoms with E-state index in [4.69, 9.17) is 9.15 Å². The number of nitro groups is 1. The monoisotopic (exact) mass is 431 g/mol. The number of nitrogens with zero attached hydrogens (tertiary/aromatic N) is 3. The number of aryl methyl sites for hydroxylation is 2. The van der Waals surface area contributed by atoms with Gasteiger partial charge in [-0.25, -0.2) is 0 Å². The fraction of sp³-hybridized carbons (Fsp3) is 0.167. The van der Waals surface area contributed by atoms with Gasteiger partial charge in [0.05, 0.1) is 40.6 Å². The van der Waals surface area contributed by atoms with Crippen molar-refractivity contribution in [1.82, 2.24) is 0 Å². The van der Waals surface area contributed by atoms with E-state index in [1.807, 2.05) is 32.0 Å². The van der Waals surface area contributed by atoms with Crippen LogP contribution in [0.1, 0.15) is 23.8 Å². The second-order valence-electron chi connectivity index (χ2n) is 7.47. The third kappa shape index (κ3) is 3.78. The first-order valence-corrected chi connectivity index (χ1v) is 9.90. The third-order valence-corrected chi connectivity index (χ3v) is 5.38. The first kappa shape index (κ1) is 21.0. The Morgan fingerprint density at radius 3 is 2.53 bits per heavy atom. The molecule has 1 aliphatic heterocycles. The smallest absolute Gasteiger partial charge is 0.284 e. The number of rotatable bonds is 5. The van der Waals surface area contributed by atoms with E-state index in [0.717, 1.165) is 11.1 Å². The van der Waals surface area contributed by atoms with Gasteiger partial charge in [0.15, 0.2) is 0 Å². The van der Waals surface area contributed by atoms with Crippen molar-refractivity contribution in [1.29, 1.82) is 0 Å². The topological polar surface area (TPSA) is 98.2 Å². The SMILES string of the molecule is COc1ccc(-c2ccc(/C=C3\C(=O)N(c4ccc(C)c(C)c4)N=C3C)o2)c([N+](=O)[O-])c1. The average molecular weight is 431 g/mol. The summed E-state index contributed by atoms with van der Waals surface area (Å²) < 4.78 is 10.9. The van der Waals surface area contributed by atoms with Gasteiger partial charge in [-0.05, 0) is 74.4 Å². The van der Waals surface area contributed by atoms with Crippen LogP contribution in [0.4, 0.5) is 11.4 Å². The number of anilines is 1. The molecule has 0 bridgehead atoms. The second kappa shape index (κ2) is 8.14. The Balaban J connectivity index is 1.65. The molecule has 4 rings (SSSR count). The number of hydrogen-bond acceptors (Lipinski definition) is 6. The molecule has 0 unspecified atom stereocenters. The van der Waals surface area contributed by atoms with Crippen molar-refractivity contribution in [2.75, 3.05) is 12.1 Å². The summed E-state index contributed by atoms with van der Waals surface area (Å²) in [6.45, 7) is 5.74. The molecule has 0 saturated heterocycles. The number of ether oxygens (including phenoxy) is 1. The van der Waals surface area contributed by atoms with Gasteiger partial charge < -0.3 is 9.15 Å². The molecule has 0 atom stereocenters. The first-order valence-electron chi connectivity index (χ1n) is 9.90. The van der Waals surface area contributed by atoms with Crippen LogP contribution in [0.2, 0.25) is 0 Å². The van der Waals surface area contributed by atoms with E-state index < -0.39 is 4.92 Å². The van der Waals surface area contributed by atoms with Crippen molar-refractivity contribution in [2.45, 2.75) is 20.8 Å². The van der Waals surface area contributed by atoms with Crippen LogP contribution >= 0.6 is 0 Å². The number of methoxy groups -OCH3 is 1. The molecule has 0 spiro atoms. The molecule has 2 heterocycles. The van der Waals surface area contributed by atoms with Crippen molar-refractivity contribution in [3.8, 4) is 17.1 Å². The summed E-state index contributed by atoms with van der Waals surface area (Å²) in [4.78, 5) is 24.0. The van der Waals surface area contributed by atoms with Crippen LogP contribution in [0.5, 0.6) is 5.75 Å². The van der Waals surface area contributed by atoms with Gasteiger partial charge in [0.1, 0.15) is 17.3 Å². The molecule has 0 aliphatic carbocycles. The van der Waals surface area contributed by atoms with Crippen molar-refractivity contribution in [2.24, 2.45) is 5.10 Å². The van der Waals surface area contributed by atoms with Crippen LogP contribution in [0.25, 0.3) is 17.4 Å². The predicted molar refractivity (Wildman–Crippen MR) is 122 cm³/mol. The molecule has 0 fully saturated rings. The Bertz CT molecular complexity index is 1300. The predicted octanol–water partition coefficient (Wildman–Crippen LogP) is 5.29. The summed E-state index contributed by atoms with van der Waals surface area (Å²) >= 11 is 0. The van der Waals surface area contributed by atoms with E-state index in [0.29, 0.717) is 39.8 Å². The highest BCUT2D eigenvalue weighted by Crippen LogP contribution is 2.35. The van der Waals surface area contributed by atoms with Crippen molar-refractivity contribution in [3.05, 3.63) is 81.1 Å². The Morgan fingerprint density at radius 2 is 1.84 bits per heavy atom. The lowest BCUT2D eigenvalue weighted by Crippen LogP contribution is -2.21. The van der Waals surface area contributed by atoms with Crippen LogP contribution in [-0.4, -0.2) is 23.7 Å². The maximum Gasteiger partial charge on any atom is 0.284 e. The summed E-state index contributed by atoms with van der Waals surface area (Å²) in [7, 11) is 1.44. The van der Waals surface area contributed by atoms with Crippen molar-refractivity contribution >= 4 is 29.1 Å². The normalized spacial score (nSPS) is 14.8. The van der Waals surface area contributed by atoms with E-state index in [9.17, 15) is 14.9 Å². The maximum atomic E-state index is 13.0. The van der Waals surface area contributed by atoms with Gasteiger partial charge in [0.25, 0.3) is 11.6 Å². The van der Waals surface area contributed by atoms with Gasteiger partial charge in [0.2, 0.25) is 0 Å². The minimum absolute atomic E-state index is 0.131. The summed E-state index contributed by atoms with van der Waals surface area (Å²) in [6.07, 6.45) is 1.60. The largest absolute Gasteiger partial charge is 0.497 e. The van der Waals surface area contributed by atoms with Gasteiger partial charge in [-0.2, -0.15) is 10.1 Å². The van der Waals surface area contributed by atoms with Crippen LogP contribution in [-0.2, 0) is 4.79 Å². The second-order valence-corrected chi connectivity index (χ2v) is 7.47. The number of hydrazone groups is 1. The van der Waals surface area contributed by atoms with Gasteiger partial charge in [-0.3, -0.25) is 14.9 Å². The molecule has 0 saturated carbocycles. The van der Waals surface area contributed by atoms with E-state index in [1.165, 1.54) is 18.2 Å². The van der Waals surface area contributed by atoms with Gasteiger partial charge >= 0.3 is 0 Å². The van der Waals surface area contributed by atoms with Crippen molar-refractivity contribution < 1.29 is 18.9 Å². The Labute approximate surface area is 184 Å². The lowest BCUT2D eigenvalue weighted by molar-refractivity contribution is -0.384. The van der Waals surface area contributed by atoms with E-state index in [2.05, 4.69) is 5.10 Å². The fourth-order valence-corrected chi connectivity index (χ4v) is 3.43. The molecule has 1 aliphatic rings. The summed E-state index contributed by atoms with van der Waals surface area (Å²) in [5, 5.41) is 17.2. The zero-order valence-electron chi connectivity index (χ0n) is 18.1. The highest BCUT2D eigenvalue weighted by Gasteiger charge is 2.29. The zero-order chi connectivity index (χ0) is 23.0. The molecule has 0 N–H and O–H groups in total. The Morgan fingerprint density at radius 1 is 1.06 bits per heavy atom. The van der Waals surface area contributed by atoms with Crippen LogP contribution < -0.4 is 9.75 Å². The average Bonchev–Trinajstić information content (AvgIpc) is 3.35. The molecule has 162 valence electrons. The zero-order valence-corrected chi connectivity index (χ0v) is 18.1. The molecule has 8 nitrogen and oxygen atoms in total. The highest BCUT2D eigenvalue weighted by atomic mass is 16.6. The number of carbonyl (C=O) groups excluding carboxylic acids is 1. The molecule has 1 amide bonds. The molecular formula is C24H21N3O5. The van der Waals surface area contributed by atoms with Gasteiger partial charge in [-0.1, -0.05) is 6.07 Å². The molecular weight excluding hydrogens is 410 g/mol. The number of furan rings is 1. The number of benzene rings is 2. The Kier molecular flexibility index (Phi) is 5.36. The van der Waals surface area contributed by atoms with Gasteiger partial charge in [-0.15, -0.1) is 0 Å². The molecule has 0 radical (unpaired) electrons. The molecule has 8 heteroatoms. The fourth-order valence-electron chi connectivity index (χ4n) is 3.43. The number of nitro benzene ring substituents is 1. The van der Waals surface area contributed by atoms with E-state index >= 15 is 0 Å². The van der Waals surface area contributed by atoms with Crippen molar-refractivity contribution in [3.63, 3.8) is 0 Å². The maximum absolute atomic E-state index is 13.0. The standard InChI is InChI=1S/C24H21N3O5/c1-14-5-6-17(11-15(14)2)26-24(28)21(16(3)25-26)12-19-8-10-23(32-19)20-9-7-18(31-4)13-22(20)27(29)30/h5-13H,1-4H3/b21-12-. The third-order valence-electron chi connectivity index (χ3n) is 5.38. The van der Waals surface area contributed by atoms with Crippen LogP contribution in [0.15, 0.2) is 63.6 Å². The molecule has 3 aromatic rings. The quantitative estimate of drug-likeness (QED) is 0.311. The Hall–Kier alpha value is -4.20. The minimum atomic E-state index is -0.489. The number of amides is 1. The summed E-state index contributed by atoms with van der Waals surface area (Å²) in [5.41, 5.74) is 4.03. The lowest BCUT2D eigenvalue weighted by atomic mass is 10.1. The van der Waals surface area contributed by atoms with Crippen LogP contribution in [0, 0.1) is 24.0 Å². The number of hydrogen-bond donors (Lipinski definition) is 0. The highest BCUT2D eigenvalue weighted by molar-refractivity contribution is 6.32. The van der Waals surface area contributed by atoms with Crippen LogP contribution in [0.3, 0.4) is 0 Å². The minimum Gasteiger partial charge on any atom is -0.497 e.